The van der Waals surface area contributed by atoms with Gasteiger partial charge in [0, 0.05) is 29.6 Å². The summed E-state index contributed by atoms with van der Waals surface area (Å²) in [4.78, 5) is 24.4. The molecule has 3 heterocycles. The first-order valence-electron chi connectivity index (χ1n) is 10.2. The van der Waals surface area contributed by atoms with Gasteiger partial charge < -0.3 is 14.6 Å². The fourth-order valence-corrected chi connectivity index (χ4v) is 2.82. The van der Waals surface area contributed by atoms with Crippen LogP contribution in [0.1, 0.15) is 32.3 Å². The third-order valence-electron chi connectivity index (χ3n) is 5.17. The quantitative estimate of drug-likeness (QED) is 0.536. The molecule has 31 heavy (non-hydrogen) atoms. The zero-order chi connectivity index (χ0) is 22.0. The fourth-order valence-electron chi connectivity index (χ4n) is 2.82. The second kappa shape index (κ2) is 8.33. The Morgan fingerprint density at radius 1 is 1.23 bits per heavy atom. The summed E-state index contributed by atoms with van der Waals surface area (Å²) in [6, 6.07) is 5.93. The van der Waals surface area contributed by atoms with Gasteiger partial charge in [0.25, 0.3) is 0 Å². The van der Waals surface area contributed by atoms with Gasteiger partial charge in [-0.05, 0) is 51.2 Å². The van der Waals surface area contributed by atoms with Crippen LogP contribution in [0.3, 0.4) is 0 Å². The molecule has 0 atom stereocenters. The van der Waals surface area contributed by atoms with E-state index in [2.05, 4.69) is 25.1 Å². The Kier molecular flexibility index (Phi) is 5.58. The molecule has 162 valence electrons. The number of pyridine rings is 2. The van der Waals surface area contributed by atoms with E-state index in [-0.39, 0.29) is 6.61 Å². The number of aliphatic carboxylic acids is 1. The van der Waals surface area contributed by atoms with Gasteiger partial charge in [0.2, 0.25) is 5.88 Å². The summed E-state index contributed by atoms with van der Waals surface area (Å²) >= 11 is 0. The molecule has 0 bridgehead atoms. The Morgan fingerprint density at radius 2 is 2.03 bits per heavy atom. The standard InChI is InChI=1S/C22H25N5O4/c1-13-8-18(31-12-22(2,3)20(28)29)24-10-16(13)15-6-7-17(23-9-15)19-25-21(27-26-19)30-11-14-4-5-14/h6-10,14H,4-5,11-12H2,1-3H3,(H,28,29)(H,25,26,27). The molecule has 9 heteroatoms. The number of aromatic nitrogens is 5. The van der Waals surface area contributed by atoms with E-state index in [1.54, 1.807) is 32.3 Å². The van der Waals surface area contributed by atoms with Crippen LogP contribution in [-0.4, -0.2) is 49.4 Å². The van der Waals surface area contributed by atoms with Crippen LogP contribution < -0.4 is 9.47 Å². The third kappa shape index (κ3) is 4.99. The number of carbonyl (C=O) groups is 1. The topological polar surface area (TPSA) is 123 Å². The van der Waals surface area contributed by atoms with Gasteiger partial charge in [-0.2, -0.15) is 4.98 Å². The summed E-state index contributed by atoms with van der Waals surface area (Å²) in [6.45, 7) is 5.86. The number of H-pyrrole nitrogens is 1. The van der Waals surface area contributed by atoms with Crippen LogP contribution in [0.25, 0.3) is 22.6 Å². The number of aryl methyl sites for hydroxylation is 1. The van der Waals surface area contributed by atoms with Crippen LogP contribution in [0.4, 0.5) is 0 Å². The second-order valence-electron chi connectivity index (χ2n) is 8.47. The highest BCUT2D eigenvalue weighted by atomic mass is 16.5. The molecule has 1 aliphatic carbocycles. The van der Waals surface area contributed by atoms with E-state index in [0.29, 0.717) is 35.9 Å². The number of nitrogens with zero attached hydrogens (tertiary/aromatic N) is 4. The van der Waals surface area contributed by atoms with E-state index in [1.165, 1.54) is 12.8 Å². The lowest BCUT2D eigenvalue weighted by Gasteiger charge is -2.19. The Labute approximate surface area is 179 Å². The third-order valence-corrected chi connectivity index (χ3v) is 5.17. The zero-order valence-electron chi connectivity index (χ0n) is 17.8. The monoisotopic (exact) mass is 423 g/mol. The van der Waals surface area contributed by atoms with Crippen molar-refractivity contribution in [2.45, 2.75) is 33.6 Å². The van der Waals surface area contributed by atoms with Crippen molar-refractivity contribution in [3.63, 3.8) is 0 Å². The fraction of sp³-hybridized carbons (Fsp3) is 0.409. The predicted octanol–water partition coefficient (Wildman–Crippen LogP) is 3.52. The minimum absolute atomic E-state index is 0.0356. The summed E-state index contributed by atoms with van der Waals surface area (Å²) in [7, 11) is 0. The summed E-state index contributed by atoms with van der Waals surface area (Å²) in [6.07, 6.45) is 5.87. The molecule has 0 spiro atoms. The Hall–Kier alpha value is -3.49. The smallest absolute Gasteiger partial charge is 0.335 e. The molecule has 3 aromatic rings. The van der Waals surface area contributed by atoms with Crippen LogP contribution in [0.5, 0.6) is 11.9 Å². The first kappa shape index (κ1) is 20.8. The Bertz CT molecular complexity index is 1070. The number of hydrogen-bond donors (Lipinski definition) is 2. The van der Waals surface area contributed by atoms with Crippen molar-refractivity contribution in [1.29, 1.82) is 0 Å². The van der Waals surface area contributed by atoms with Crippen LogP contribution in [0.2, 0.25) is 0 Å². The molecular formula is C22H25N5O4. The molecule has 1 fully saturated rings. The number of carboxylic acids is 1. The lowest BCUT2D eigenvalue weighted by Crippen LogP contribution is -2.30. The molecule has 0 aromatic carbocycles. The zero-order valence-corrected chi connectivity index (χ0v) is 17.8. The molecule has 0 radical (unpaired) electrons. The first-order valence-corrected chi connectivity index (χ1v) is 10.2. The van der Waals surface area contributed by atoms with Gasteiger partial charge in [0.05, 0.1) is 12.0 Å². The maximum atomic E-state index is 11.2. The molecule has 0 saturated heterocycles. The summed E-state index contributed by atoms with van der Waals surface area (Å²) in [5.74, 6) is 0.662. The molecule has 1 aliphatic rings. The normalized spacial score (nSPS) is 13.8. The van der Waals surface area contributed by atoms with Crippen LogP contribution >= 0.6 is 0 Å². The van der Waals surface area contributed by atoms with Crippen molar-refractivity contribution in [2.75, 3.05) is 13.2 Å². The van der Waals surface area contributed by atoms with Gasteiger partial charge in [-0.3, -0.25) is 14.9 Å². The van der Waals surface area contributed by atoms with Gasteiger partial charge in [0.15, 0.2) is 5.82 Å². The summed E-state index contributed by atoms with van der Waals surface area (Å²) < 4.78 is 11.2. The molecule has 0 aliphatic heterocycles. The second-order valence-corrected chi connectivity index (χ2v) is 8.47. The minimum Gasteiger partial charge on any atom is -0.481 e. The number of aromatic amines is 1. The first-order chi connectivity index (χ1) is 14.8. The van der Waals surface area contributed by atoms with E-state index >= 15 is 0 Å². The molecule has 2 N–H and O–H groups in total. The van der Waals surface area contributed by atoms with Gasteiger partial charge in [-0.25, -0.2) is 4.98 Å². The van der Waals surface area contributed by atoms with Crippen molar-refractivity contribution >= 4 is 5.97 Å². The summed E-state index contributed by atoms with van der Waals surface area (Å²) in [5, 5.41) is 16.1. The van der Waals surface area contributed by atoms with Gasteiger partial charge >= 0.3 is 12.0 Å². The van der Waals surface area contributed by atoms with E-state index in [1.807, 2.05) is 19.1 Å². The maximum Gasteiger partial charge on any atom is 0.335 e. The van der Waals surface area contributed by atoms with Crippen molar-refractivity contribution in [3.05, 3.63) is 36.2 Å². The number of carboxylic acid groups (broad SMARTS) is 1. The molecule has 4 rings (SSSR count). The van der Waals surface area contributed by atoms with E-state index in [9.17, 15) is 9.90 Å². The van der Waals surface area contributed by atoms with Gasteiger partial charge in [-0.15, -0.1) is 5.10 Å². The number of rotatable bonds is 9. The van der Waals surface area contributed by atoms with Crippen molar-refractivity contribution < 1.29 is 19.4 Å². The molecule has 0 unspecified atom stereocenters. The van der Waals surface area contributed by atoms with Crippen molar-refractivity contribution in [1.82, 2.24) is 25.1 Å². The van der Waals surface area contributed by atoms with Crippen molar-refractivity contribution in [2.24, 2.45) is 11.3 Å². The maximum absolute atomic E-state index is 11.2. The van der Waals surface area contributed by atoms with E-state index < -0.39 is 11.4 Å². The average Bonchev–Trinajstić information content (AvgIpc) is 3.46. The molecule has 0 amide bonds. The minimum atomic E-state index is -0.989. The van der Waals surface area contributed by atoms with Crippen LogP contribution in [0, 0.1) is 18.3 Å². The van der Waals surface area contributed by atoms with Crippen molar-refractivity contribution in [3.8, 4) is 34.5 Å². The lowest BCUT2D eigenvalue weighted by molar-refractivity contribution is -0.148. The number of ether oxygens (including phenoxy) is 2. The highest BCUT2D eigenvalue weighted by Crippen LogP contribution is 2.29. The highest BCUT2D eigenvalue weighted by molar-refractivity contribution is 5.73. The summed E-state index contributed by atoms with van der Waals surface area (Å²) in [5.41, 5.74) is 2.44. The SMILES string of the molecule is Cc1cc(OCC(C)(C)C(=O)O)ncc1-c1ccc(-c2nc(OCC3CC3)n[nH]2)nc1. The lowest BCUT2D eigenvalue weighted by atomic mass is 9.95. The number of hydrogen-bond acceptors (Lipinski definition) is 7. The van der Waals surface area contributed by atoms with E-state index in [4.69, 9.17) is 9.47 Å². The molecule has 1 saturated carbocycles. The molecular weight excluding hydrogens is 398 g/mol. The predicted molar refractivity (Wildman–Crippen MR) is 113 cm³/mol. The highest BCUT2D eigenvalue weighted by Gasteiger charge is 2.28. The molecule has 3 aromatic heterocycles. The van der Waals surface area contributed by atoms with E-state index in [0.717, 1.165) is 16.7 Å². The molecule has 9 nitrogen and oxygen atoms in total. The van der Waals surface area contributed by atoms with Crippen LogP contribution in [0.15, 0.2) is 30.6 Å². The Morgan fingerprint density at radius 3 is 2.68 bits per heavy atom. The Balaban J connectivity index is 1.43. The van der Waals surface area contributed by atoms with Crippen LogP contribution in [-0.2, 0) is 4.79 Å². The van der Waals surface area contributed by atoms with Gasteiger partial charge in [-0.1, -0.05) is 6.07 Å². The average molecular weight is 423 g/mol. The number of nitrogens with one attached hydrogen (secondary N) is 1. The largest absolute Gasteiger partial charge is 0.481 e. The van der Waals surface area contributed by atoms with Gasteiger partial charge in [0.1, 0.15) is 12.3 Å².